The Labute approximate surface area is 174 Å². The summed E-state index contributed by atoms with van der Waals surface area (Å²) in [6.45, 7) is 2.65. The van der Waals surface area contributed by atoms with Crippen molar-refractivity contribution in [3.63, 3.8) is 0 Å². The van der Waals surface area contributed by atoms with Crippen LogP contribution in [-0.2, 0) is 9.59 Å². The molecule has 2 fully saturated rings. The molecule has 0 atom stereocenters. The van der Waals surface area contributed by atoms with E-state index in [0.29, 0.717) is 44.2 Å². The average Bonchev–Trinajstić information content (AvgIpc) is 3.21. The van der Waals surface area contributed by atoms with Crippen molar-refractivity contribution in [1.82, 2.24) is 9.80 Å². The molecule has 1 aromatic carbocycles. The quantitative estimate of drug-likeness (QED) is 0.722. The van der Waals surface area contributed by atoms with Crippen LogP contribution in [0.1, 0.15) is 38.5 Å². The normalized spacial score (nSPS) is 18.4. The molecule has 166 valence electrons. The number of carbonyl (C=O) groups excluding carboxylic acids is 2. The van der Waals surface area contributed by atoms with E-state index in [1.165, 1.54) is 37.8 Å². The number of halogens is 3. The van der Waals surface area contributed by atoms with Gasteiger partial charge in [0, 0.05) is 38.3 Å². The number of ether oxygens (including phenoxy) is 1. The van der Waals surface area contributed by atoms with Gasteiger partial charge in [-0.15, -0.1) is 13.2 Å². The third kappa shape index (κ3) is 7.19. The molecule has 6 nitrogen and oxygen atoms in total. The van der Waals surface area contributed by atoms with Crippen LogP contribution in [0.25, 0.3) is 0 Å². The number of benzene rings is 1. The fourth-order valence-electron chi connectivity index (χ4n) is 4.08. The third-order valence-corrected chi connectivity index (χ3v) is 5.71. The molecule has 0 bridgehead atoms. The topological polar surface area (TPSA) is 61.9 Å². The van der Waals surface area contributed by atoms with Gasteiger partial charge < -0.3 is 15.0 Å². The van der Waals surface area contributed by atoms with Crippen LogP contribution in [0.5, 0.6) is 5.75 Å². The van der Waals surface area contributed by atoms with Crippen molar-refractivity contribution in [3.8, 4) is 5.75 Å². The number of piperazine rings is 1. The zero-order valence-corrected chi connectivity index (χ0v) is 16.9. The van der Waals surface area contributed by atoms with E-state index in [0.717, 1.165) is 18.6 Å². The fraction of sp³-hybridized carbons (Fsp3) is 0.619. The average molecular weight is 427 g/mol. The first-order valence-electron chi connectivity index (χ1n) is 10.4. The van der Waals surface area contributed by atoms with Gasteiger partial charge in [0.05, 0.1) is 6.54 Å². The Balaban J connectivity index is 1.36. The Bertz CT molecular complexity index is 710. The van der Waals surface area contributed by atoms with E-state index in [4.69, 9.17) is 0 Å². The van der Waals surface area contributed by atoms with Gasteiger partial charge in [-0.05, 0) is 36.6 Å². The predicted octanol–water partition coefficient (Wildman–Crippen LogP) is 3.64. The van der Waals surface area contributed by atoms with Crippen molar-refractivity contribution in [2.45, 2.75) is 44.9 Å². The van der Waals surface area contributed by atoms with Gasteiger partial charge in [0.25, 0.3) is 0 Å². The second kappa shape index (κ2) is 10.1. The van der Waals surface area contributed by atoms with E-state index in [1.54, 1.807) is 0 Å². The molecule has 2 aliphatic rings. The maximum atomic E-state index is 12.4. The number of anilines is 1. The molecule has 0 spiro atoms. The van der Waals surface area contributed by atoms with Gasteiger partial charge in [-0.1, -0.05) is 25.7 Å². The second-order valence-electron chi connectivity index (χ2n) is 7.97. The predicted molar refractivity (Wildman–Crippen MR) is 106 cm³/mol. The van der Waals surface area contributed by atoms with Crippen molar-refractivity contribution in [2.75, 3.05) is 38.0 Å². The molecule has 1 saturated heterocycles. The van der Waals surface area contributed by atoms with Crippen molar-refractivity contribution < 1.29 is 27.5 Å². The number of carbonyl (C=O) groups is 2. The van der Waals surface area contributed by atoms with Crippen molar-refractivity contribution in [2.24, 2.45) is 5.92 Å². The van der Waals surface area contributed by atoms with Crippen LogP contribution in [0, 0.1) is 5.92 Å². The van der Waals surface area contributed by atoms with Crippen LogP contribution >= 0.6 is 0 Å². The van der Waals surface area contributed by atoms with E-state index in [1.807, 2.05) is 9.80 Å². The molecule has 2 amide bonds. The molecule has 1 aliphatic heterocycles. The summed E-state index contributed by atoms with van der Waals surface area (Å²) in [5, 5.41) is 2.67. The lowest BCUT2D eigenvalue weighted by atomic mass is 10.0. The van der Waals surface area contributed by atoms with Crippen LogP contribution in [0.4, 0.5) is 18.9 Å². The summed E-state index contributed by atoms with van der Waals surface area (Å²) in [4.78, 5) is 28.4. The van der Waals surface area contributed by atoms with E-state index < -0.39 is 6.36 Å². The van der Waals surface area contributed by atoms with Crippen LogP contribution in [0.15, 0.2) is 24.3 Å². The molecule has 1 N–H and O–H groups in total. The highest BCUT2D eigenvalue weighted by Gasteiger charge is 2.31. The Hall–Kier alpha value is -2.29. The third-order valence-electron chi connectivity index (χ3n) is 5.71. The van der Waals surface area contributed by atoms with Gasteiger partial charge in [0.1, 0.15) is 5.75 Å². The summed E-state index contributed by atoms with van der Waals surface area (Å²) >= 11 is 0. The molecule has 3 rings (SSSR count). The summed E-state index contributed by atoms with van der Waals surface area (Å²) in [5.74, 6) is 0.315. The van der Waals surface area contributed by atoms with Crippen molar-refractivity contribution >= 4 is 17.5 Å². The first-order valence-corrected chi connectivity index (χ1v) is 10.4. The Kier molecular flexibility index (Phi) is 7.58. The molecule has 9 heteroatoms. The highest BCUT2D eigenvalue weighted by molar-refractivity contribution is 5.92. The summed E-state index contributed by atoms with van der Waals surface area (Å²) in [5.41, 5.74) is 0.398. The van der Waals surface area contributed by atoms with Gasteiger partial charge in [-0.25, -0.2) is 0 Å². The standard InChI is InChI=1S/C21H28F3N3O3/c22-21(23,24)30-18-8-6-17(7-9-18)25-19(28)15-26-11-13-27(14-12-26)20(29)10-5-16-3-1-2-4-16/h6-9,16H,1-5,10-15H2,(H,25,28). The molecule has 1 saturated carbocycles. The number of nitrogens with zero attached hydrogens (tertiary/aromatic N) is 2. The van der Waals surface area contributed by atoms with Gasteiger partial charge in [0.15, 0.2) is 0 Å². The fourth-order valence-corrected chi connectivity index (χ4v) is 4.08. The van der Waals surface area contributed by atoms with Crippen LogP contribution in [0.2, 0.25) is 0 Å². The highest BCUT2D eigenvalue weighted by atomic mass is 19.4. The van der Waals surface area contributed by atoms with Gasteiger partial charge in [0.2, 0.25) is 11.8 Å². The van der Waals surface area contributed by atoms with Crippen molar-refractivity contribution in [3.05, 3.63) is 24.3 Å². The van der Waals surface area contributed by atoms with Crippen LogP contribution < -0.4 is 10.1 Å². The monoisotopic (exact) mass is 427 g/mol. The minimum Gasteiger partial charge on any atom is -0.406 e. The molecule has 0 aromatic heterocycles. The molecule has 0 radical (unpaired) electrons. The lowest BCUT2D eigenvalue weighted by Gasteiger charge is -2.34. The lowest BCUT2D eigenvalue weighted by Crippen LogP contribution is -2.50. The molecule has 1 heterocycles. The molecule has 30 heavy (non-hydrogen) atoms. The maximum Gasteiger partial charge on any atom is 0.573 e. The number of alkyl halides is 3. The molecular weight excluding hydrogens is 399 g/mol. The van der Waals surface area contributed by atoms with Crippen molar-refractivity contribution in [1.29, 1.82) is 0 Å². The summed E-state index contributed by atoms with van der Waals surface area (Å²) in [7, 11) is 0. The molecule has 1 aromatic rings. The molecule has 1 aliphatic carbocycles. The first-order chi connectivity index (χ1) is 14.3. The smallest absolute Gasteiger partial charge is 0.406 e. The minimum atomic E-state index is -4.75. The number of rotatable bonds is 7. The van der Waals surface area contributed by atoms with Crippen LogP contribution in [0.3, 0.4) is 0 Å². The van der Waals surface area contributed by atoms with E-state index in [-0.39, 0.29) is 24.1 Å². The SMILES string of the molecule is O=C(CN1CCN(C(=O)CCC2CCCC2)CC1)Nc1ccc(OC(F)(F)F)cc1. The van der Waals surface area contributed by atoms with E-state index in [2.05, 4.69) is 10.1 Å². The maximum absolute atomic E-state index is 12.4. The minimum absolute atomic E-state index is 0.172. The van der Waals surface area contributed by atoms with Gasteiger partial charge in [-0.3, -0.25) is 14.5 Å². The number of nitrogens with one attached hydrogen (secondary N) is 1. The van der Waals surface area contributed by atoms with E-state index >= 15 is 0 Å². The zero-order valence-electron chi connectivity index (χ0n) is 16.9. The van der Waals surface area contributed by atoms with Gasteiger partial charge >= 0.3 is 6.36 Å². The summed E-state index contributed by atoms with van der Waals surface area (Å²) in [6.07, 6.45) is 1.90. The largest absolute Gasteiger partial charge is 0.573 e. The number of hydrogen-bond donors (Lipinski definition) is 1. The van der Waals surface area contributed by atoms with Gasteiger partial charge in [-0.2, -0.15) is 0 Å². The summed E-state index contributed by atoms with van der Waals surface area (Å²) < 4.78 is 40.3. The van der Waals surface area contributed by atoms with Crippen LogP contribution in [-0.4, -0.2) is 60.7 Å². The number of amides is 2. The summed E-state index contributed by atoms with van der Waals surface area (Å²) in [6, 6.07) is 5.03. The lowest BCUT2D eigenvalue weighted by molar-refractivity contribution is -0.274. The second-order valence-corrected chi connectivity index (χ2v) is 7.97. The first kappa shape index (κ1) is 22.4. The zero-order chi connectivity index (χ0) is 21.6. The number of hydrogen-bond acceptors (Lipinski definition) is 4. The molecular formula is C21H28F3N3O3. The van der Waals surface area contributed by atoms with E-state index in [9.17, 15) is 22.8 Å². The highest BCUT2D eigenvalue weighted by Crippen LogP contribution is 2.29. The Morgan fingerprint density at radius 2 is 1.67 bits per heavy atom. The Morgan fingerprint density at radius 3 is 2.27 bits per heavy atom. The molecule has 0 unspecified atom stereocenters. The Morgan fingerprint density at radius 1 is 1.03 bits per heavy atom.